The van der Waals surface area contributed by atoms with Gasteiger partial charge in [-0.15, -0.1) is 11.3 Å². The summed E-state index contributed by atoms with van der Waals surface area (Å²) in [6.45, 7) is 0.273. The van der Waals surface area contributed by atoms with Gasteiger partial charge in [0.15, 0.2) is 0 Å². The average molecular weight is 394 g/mol. The van der Waals surface area contributed by atoms with Crippen molar-refractivity contribution in [2.75, 3.05) is 6.54 Å². The highest BCUT2D eigenvalue weighted by Crippen LogP contribution is 2.32. The molecule has 7 heteroatoms. The summed E-state index contributed by atoms with van der Waals surface area (Å²) >= 11 is 1.42. The monoisotopic (exact) mass is 394 g/mol. The number of nitrogens with zero attached hydrogens (tertiary/aromatic N) is 1. The maximum atomic E-state index is 13.4. The molecule has 3 aromatic heterocycles. The lowest BCUT2D eigenvalue weighted by atomic mass is 10.1. The van der Waals surface area contributed by atoms with E-state index in [1.54, 1.807) is 12.3 Å². The number of thiophene rings is 1. The van der Waals surface area contributed by atoms with Gasteiger partial charge in [0, 0.05) is 40.8 Å². The van der Waals surface area contributed by atoms with Crippen LogP contribution in [0.15, 0.2) is 60.9 Å². The number of aromatic amines is 1. The number of carbonyl (C=O) groups is 1. The van der Waals surface area contributed by atoms with Crippen LogP contribution in [0.3, 0.4) is 0 Å². The van der Waals surface area contributed by atoms with Gasteiger partial charge < -0.3 is 16.0 Å². The molecule has 1 amide bonds. The second-order valence-corrected chi connectivity index (χ2v) is 7.59. The van der Waals surface area contributed by atoms with E-state index in [1.165, 1.54) is 23.5 Å². The predicted molar refractivity (Wildman–Crippen MR) is 110 cm³/mol. The van der Waals surface area contributed by atoms with E-state index in [9.17, 15) is 9.18 Å². The fourth-order valence-corrected chi connectivity index (χ4v) is 4.13. The topological polar surface area (TPSA) is 83.8 Å². The molecule has 0 saturated carbocycles. The molecule has 0 unspecified atom stereocenters. The highest BCUT2D eigenvalue weighted by Gasteiger charge is 2.16. The number of hydrogen-bond donors (Lipinski definition) is 3. The fraction of sp³-hybridized carbons (Fsp3) is 0.143. The quantitative estimate of drug-likeness (QED) is 0.466. The summed E-state index contributed by atoms with van der Waals surface area (Å²) in [5.74, 6) is -0.474. The lowest BCUT2D eigenvalue weighted by Gasteiger charge is -2.16. The van der Waals surface area contributed by atoms with Gasteiger partial charge in [-0.2, -0.15) is 0 Å². The van der Waals surface area contributed by atoms with Gasteiger partial charge in [-0.25, -0.2) is 9.37 Å². The second kappa shape index (κ2) is 7.92. The van der Waals surface area contributed by atoms with E-state index in [4.69, 9.17) is 5.73 Å². The summed E-state index contributed by atoms with van der Waals surface area (Å²) < 4.78 is 13.4. The smallest absolute Gasteiger partial charge is 0.261 e. The molecule has 0 fully saturated rings. The first-order chi connectivity index (χ1) is 13.6. The first-order valence-electron chi connectivity index (χ1n) is 8.91. The molecule has 0 radical (unpaired) electrons. The first kappa shape index (κ1) is 18.3. The van der Waals surface area contributed by atoms with E-state index in [-0.39, 0.29) is 24.3 Å². The van der Waals surface area contributed by atoms with Crippen molar-refractivity contribution in [1.29, 1.82) is 0 Å². The van der Waals surface area contributed by atoms with E-state index < -0.39 is 0 Å². The summed E-state index contributed by atoms with van der Waals surface area (Å²) in [4.78, 5) is 21.7. The van der Waals surface area contributed by atoms with E-state index in [0.29, 0.717) is 11.3 Å². The van der Waals surface area contributed by atoms with Crippen LogP contribution < -0.4 is 11.1 Å². The van der Waals surface area contributed by atoms with Gasteiger partial charge in [-0.3, -0.25) is 4.79 Å². The zero-order chi connectivity index (χ0) is 19.5. The average Bonchev–Trinajstić information content (AvgIpc) is 3.36. The number of H-pyrrole nitrogens is 1. The van der Waals surface area contributed by atoms with E-state index in [1.807, 2.05) is 36.5 Å². The summed E-state index contributed by atoms with van der Waals surface area (Å²) in [5.41, 5.74) is 8.46. The van der Waals surface area contributed by atoms with Crippen molar-refractivity contribution in [2.24, 2.45) is 5.73 Å². The third kappa shape index (κ3) is 3.81. The van der Waals surface area contributed by atoms with E-state index in [0.717, 1.165) is 27.0 Å². The molecule has 3 heterocycles. The fourth-order valence-electron chi connectivity index (χ4n) is 3.18. The number of halogens is 1. The van der Waals surface area contributed by atoms with E-state index in [2.05, 4.69) is 15.3 Å². The van der Waals surface area contributed by atoms with Crippen LogP contribution in [0.4, 0.5) is 4.39 Å². The van der Waals surface area contributed by atoms with Crippen molar-refractivity contribution in [1.82, 2.24) is 15.3 Å². The van der Waals surface area contributed by atoms with E-state index >= 15 is 0 Å². The normalized spacial score (nSPS) is 12.2. The molecule has 0 spiro atoms. The number of nitrogens with two attached hydrogens (primary N) is 1. The number of amides is 1. The summed E-state index contributed by atoms with van der Waals surface area (Å²) in [6, 6.07) is 13.7. The minimum Gasteiger partial charge on any atom is -0.347 e. The molecular formula is C21H19FN4OS. The highest BCUT2D eigenvalue weighted by molar-refractivity contribution is 7.17. The van der Waals surface area contributed by atoms with Crippen LogP contribution in [0.2, 0.25) is 0 Å². The molecule has 1 atom stereocenters. The molecule has 142 valence electrons. The largest absolute Gasteiger partial charge is 0.347 e. The summed E-state index contributed by atoms with van der Waals surface area (Å²) in [6.07, 6.45) is 4.07. The Kier molecular flexibility index (Phi) is 5.18. The third-order valence-electron chi connectivity index (χ3n) is 4.55. The highest BCUT2D eigenvalue weighted by atomic mass is 32.1. The molecule has 5 nitrogen and oxygen atoms in total. The number of aromatic nitrogens is 2. The zero-order valence-corrected chi connectivity index (χ0v) is 15.8. The number of fused-ring (bicyclic) bond motifs is 1. The molecule has 0 aliphatic carbocycles. The van der Waals surface area contributed by atoms with Gasteiger partial charge in [-0.05, 0) is 48.4 Å². The molecule has 1 aromatic carbocycles. The Bertz CT molecular complexity index is 1120. The predicted octanol–water partition coefficient (Wildman–Crippen LogP) is 3.73. The first-order valence-corrected chi connectivity index (χ1v) is 9.73. The van der Waals surface area contributed by atoms with Gasteiger partial charge >= 0.3 is 0 Å². The van der Waals surface area contributed by atoms with Crippen LogP contribution in [-0.4, -0.2) is 28.5 Å². The molecule has 4 aromatic rings. The zero-order valence-electron chi connectivity index (χ0n) is 15.0. The molecule has 4 rings (SSSR count). The van der Waals surface area contributed by atoms with Gasteiger partial charge in [0.05, 0.1) is 4.88 Å². The Labute approximate surface area is 165 Å². The van der Waals surface area contributed by atoms with Gasteiger partial charge in [-0.1, -0.05) is 12.1 Å². The van der Waals surface area contributed by atoms with Gasteiger partial charge in [0.2, 0.25) is 0 Å². The van der Waals surface area contributed by atoms with Gasteiger partial charge in [0.25, 0.3) is 5.91 Å². The van der Waals surface area contributed by atoms with Crippen LogP contribution in [0.5, 0.6) is 0 Å². The Morgan fingerprint density at radius 1 is 1.25 bits per heavy atom. The standard InChI is InChI=1S/C21H19FN4OS/c22-14-3-1-2-13(10-14)11-15(12-23)26-21(27)19-5-4-18(28-19)16-6-8-24-20-17(16)7-9-25-20/h1-10,15H,11-12,23H2,(H,24,25)(H,26,27)/t15-/m1/s1. The minimum atomic E-state index is -0.295. The number of carbonyl (C=O) groups excluding carboxylic acids is 1. The van der Waals surface area contributed by atoms with Crippen LogP contribution in [0.1, 0.15) is 15.2 Å². The molecule has 4 N–H and O–H groups in total. The van der Waals surface area contributed by atoms with Crippen LogP contribution in [0.25, 0.3) is 21.5 Å². The maximum Gasteiger partial charge on any atom is 0.261 e. The Balaban J connectivity index is 1.50. The van der Waals surface area contributed by atoms with Crippen molar-refractivity contribution in [2.45, 2.75) is 12.5 Å². The van der Waals surface area contributed by atoms with Gasteiger partial charge in [0.1, 0.15) is 11.5 Å². The van der Waals surface area contributed by atoms with Crippen molar-refractivity contribution in [3.05, 3.63) is 77.2 Å². The van der Waals surface area contributed by atoms with Crippen molar-refractivity contribution < 1.29 is 9.18 Å². The number of pyridine rings is 1. The Morgan fingerprint density at radius 2 is 2.14 bits per heavy atom. The van der Waals surface area contributed by atoms with Crippen molar-refractivity contribution >= 4 is 28.3 Å². The number of benzene rings is 1. The SMILES string of the molecule is NC[C@@H](Cc1cccc(F)c1)NC(=O)c1ccc(-c2ccnc3[nH]ccc23)s1. The second-order valence-electron chi connectivity index (χ2n) is 6.50. The van der Waals surface area contributed by atoms with Crippen LogP contribution in [-0.2, 0) is 6.42 Å². The Hall–Kier alpha value is -3.03. The lowest BCUT2D eigenvalue weighted by Crippen LogP contribution is -2.41. The van der Waals surface area contributed by atoms with Crippen LogP contribution >= 0.6 is 11.3 Å². The number of hydrogen-bond acceptors (Lipinski definition) is 4. The Morgan fingerprint density at radius 3 is 2.96 bits per heavy atom. The number of nitrogens with one attached hydrogen (secondary N) is 2. The molecule has 28 heavy (non-hydrogen) atoms. The molecular weight excluding hydrogens is 375 g/mol. The molecule has 0 aliphatic heterocycles. The van der Waals surface area contributed by atoms with Crippen molar-refractivity contribution in [3.63, 3.8) is 0 Å². The molecule has 0 aliphatic rings. The molecule has 0 bridgehead atoms. The van der Waals surface area contributed by atoms with Crippen molar-refractivity contribution in [3.8, 4) is 10.4 Å². The summed E-state index contributed by atoms with van der Waals surface area (Å²) in [7, 11) is 0. The minimum absolute atomic E-state index is 0.178. The van der Waals surface area contributed by atoms with Crippen LogP contribution in [0, 0.1) is 5.82 Å². The third-order valence-corrected chi connectivity index (χ3v) is 5.66. The number of rotatable bonds is 6. The lowest BCUT2D eigenvalue weighted by molar-refractivity contribution is 0.0942. The summed E-state index contributed by atoms with van der Waals surface area (Å²) in [5, 5.41) is 3.97. The molecule has 0 saturated heterocycles. The maximum absolute atomic E-state index is 13.4.